The first-order chi connectivity index (χ1) is 14.5. The largest absolute Gasteiger partial charge is 0.307 e. The molecule has 2 aliphatic rings. The van der Waals surface area contributed by atoms with Crippen molar-refractivity contribution in [3.8, 4) is 0 Å². The van der Waals surface area contributed by atoms with Gasteiger partial charge in [0.1, 0.15) is 5.82 Å². The van der Waals surface area contributed by atoms with Gasteiger partial charge >= 0.3 is 0 Å². The zero-order chi connectivity index (χ0) is 21.1. The summed E-state index contributed by atoms with van der Waals surface area (Å²) in [6.45, 7) is 2.50. The Morgan fingerprint density at radius 2 is 1.70 bits per heavy atom. The van der Waals surface area contributed by atoms with Gasteiger partial charge in [0.25, 0.3) is 5.91 Å². The van der Waals surface area contributed by atoms with E-state index in [1.165, 1.54) is 31.4 Å². The number of nitrogens with zero attached hydrogens (tertiary/aromatic N) is 3. The Hall–Kier alpha value is -2.19. The Kier molecular flexibility index (Phi) is 6.24. The summed E-state index contributed by atoms with van der Waals surface area (Å²) in [6, 6.07) is 8.36. The molecule has 1 aromatic carbocycles. The van der Waals surface area contributed by atoms with Crippen LogP contribution in [-0.2, 0) is 10.0 Å². The van der Waals surface area contributed by atoms with Crippen LogP contribution in [0, 0.1) is 0 Å². The standard InChI is InChI=1S/C22H30N4O3S/c1-17-7-5-6-16-25(17)30(28,29)20-12-10-18(11-13-20)22(27)24-21-14-15-23-26(21)19-8-3-2-4-9-19/h10-15,17,19H,2-9,16H2,1H3,(H,24,27). The van der Waals surface area contributed by atoms with Crippen molar-refractivity contribution in [3.63, 3.8) is 0 Å². The molecule has 2 aromatic rings. The zero-order valence-electron chi connectivity index (χ0n) is 17.5. The van der Waals surface area contributed by atoms with Crippen molar-refractivity contribution in [1.82, 2.24) is 14.1 Å². The van der Waals surface area contributed by atoms with E-state index in [-0.39, 0.29) is 16.8 Å². The zero-order valence-corrected chi connectivity index (χ0v) is 18.3. The number of aromatic nitrogens is 2. The highest BCUT2D eigenvalue weighted by atomic mass is 32.2. The molecule has 1 N–H and O–H groups in total. The molecule has 1 aliphatic heterocycles. The molecule has 1 aromatic heterocycles. The van der Waals surface area contributed by atoms with Gasteiger partial charge in [-0.2, -0.15) is 9.40 Å². The van der Waals surface area contributed by atoms with Crippen LogP contribution in [-0.4, -0.2) is 41.0 Å². The highest BCUT2D eigenvalue weighted by Gasteiger charge is 2.31. The van der Waals surface area contributed by atoms with Gasteiger partial charge in [-0.1, -0.05) is 25.7 Å². The summed E-state index contributed by atoms with van der Waals surface area (Å²) < 4.78 is 29.4. The molecule has 4 rings (SSSR count). The minimum absolute atomic E-state index is 0.00630. The van der Waals surface area contributed by atoms with Crippen molar-refractivity contribution in [2.45, 2.75) is 75.3 Å². The van der Waals surface area contributed by atoms with Crippen LogP contribution in [0.1, 0.15) is 74.7 Å². The molecule has 1 atom stereocenters. The van der Waals surface area contributed by atoms with Gasteiger partial charge in [0.2, 0.25) is 10.0 Å². The molecular weight excluding hydrogens is 400 g/mol. The third-order valence-electron chi connectivity index (χ3n) is 6.30. The summed E-state index contributed by atoms with van der Waals surface area (Å²) in [5, 5.41) is 7.34. The fraction of sp³-hybridized carbons (Fsp3) is 0.545. The van der Waals surface area contributed by atoms with E-state index in [1.807, 2.05) is 17.7 Å². The third kappa shape index (κ3) is 4.30. The Morgan fingerprint density at radius 3 is 2.40 bits per heavy atom. The van der Waals surface area contributed by atoms with Gasteiger partial charge in [0.15, 0.2) is 0 Å². The Labute approximate surface area is 178 Å². The van der Waals surface area contributed by atoms with E-state index in [4.69, 9.17) is 0 Å². The van der Waals surface area contributed by atoms with Crippen molar-refractivity contribution < 1.29 is 13.2 Å². The van der Waals surface area contributed by atoms with Crippen LogP contribution >= 0.6 is 0 Å². The molecule has 2 fully saturated rings. The van der Waals surface area contributed by atoms with Crippen molar-refractivity contribution in [3.05, 3.63) is 42.1 Å². The SMILES string of the molecule is CC1CCCCN1S(=O)(=O)c1ccc(C(=O)Nc2ccnn2C2CCCCC2)cc1. The normalized spacial score (nSPS) is 21.4. The van der Waals surface area contributed by atoms with Gasteiger partial charge in [-0.05, 0) is 56.9 Å². The molecule has 2 heterocycles. The van der Waals surface area contributed by atoms with Gasteiger partial charge in [-0.15, -0.1) is 0 Å². The number of piperidine rings is 1. The predicted molar refractivity (Wildman–Crippen MR) is 116 cm³/mol. The van der Waals surface area contributed by atoms with E-state index >= 15 is 0 Å². The number of hydrogen-bond acceptors (Lipinski definition) is 4. The second-order valence-corrected chi connectivity index (χ2v) is 10.3. The molecule has 162 valence electrons. The van der Waals surface area contributed by atoms with Gasteiger partial charge in [-0.25, -0.2) is 13.1 Å². The summed E-state index contributed by atoms with van der Waals surface area (Å²) in [5.41, 5.74) is 0.428. The summed E-state index contributed by atoms with van der Waals surface area (Å²) >= 11 is 0. The first kappa shape index (κ1) is 21.1. The summed E-state index contributed by atoms with van der Waals surface area (Å²) in [6.07, 6.45) is 10.3. The van der Waals surface area contributed by atoms with Crippen molar-refractivity contribution in [1.29, 1.82) is 0 Å². The summed E-state index contributed by atoms with van der Waals surface area (Å²) in [7, 11) is -3.54. The molecule has 0 spiro atoms. The van der Waals surface area contributed by atoms with E-state index in [1.54, 1.807) is 22.6 Å². The minimum atomic E-state index is -3.54. The van der Waals surface area contributed by atoms with Gasteiger partial charge in [0.05, 0.1) is 17.1 Å². The minimum Gasteiger partial charge on any atom is -0.307 e. The lowest BCUT2D eigenvalue weighted by atomic mass is 9.96. The molecular formula is C22H30N4O3S. The molecule has 0 bridgehead atoms. The molecule has 1 saturated heterocycles. The number of hydrogen-bond donors (Lipinski definition) is 1. The average molecular weight is 431 g/mol. The van der Waals surface area contributed by atoms with Crippen LogP contribution in [0.25, 0.3) is 0 Å². The number of sulfonamides is 1. The number of anilines is 1. The Balaban J connectivity index is 1.47. The highest BCUT2D eigenvalue weighted by Crippen LogP contribution is 2.30. The van der Waals surface area contributed by atoms with E-state index in [9.17, 15) is 13.2 Å². The van der Waals surface area contributed by atoms with E-state index in [2.05, 4.69) is 10.4 Å². The van der Waals surface area contributed by atoms with E-state index < -0.39 is 10.0 Å². The maximum Gasteiger partial charge on any atom is 0.256 e. The molecule has 0 radical (unpaired) electrons. The van der Waals surface area contributed by atoms with E-state index in [0.29, 0.717) is 24.0 Å². The predicted octanol–water partition coefficient (Wildman–Crippen LogP) is 4.20. The van der Waals surface area contributed by atoms with Crippen LogP contribution in [0.3, 0.4) is 0 Å². The number of nitrogens with one attached hydrogen (secondary N) is 1. The smallest absolute Gasteiger partial charge is 0.256 e. The highest BCUT2D eigenvalue weighted by molar-refractivity contribution is 7.89. The lowest BCUT2D eigenvalue weighted by Gasteiger charge is -2.32. The maximum atomic E-state index is 13.0. The van der Waals surface area contributed by atoms with Crippen LogP contribution in [0.15, 0.2) is 41.4 Å². The van der Waals surface area contributed by atoms with Crippen molar-refractivity contribution in [2.24, 2.45) is 0 Å². The van der Waals surface area contributed by atoms with E-state index in [0.717, 1.165) is 32.1 Å². The summed E-state index contributed by atoms with van der Waals surface area (Å²) in [4.78, 5) is 13.0. The lowest BCUT2D eigenvalue weighted by molar-refractivity contribution is 0.102. The number of carbonyl (C=O) groups excluding carboxylic acids is 1. The number of carbonyl (C=O) groups is 1. The first-order valence-electron chi connectivity index (χ1n) is 10.9. The van der Waals surface area contributed by atoms with Crippen LogP contribution in [0.4, 0.5) is 5.82 Å². The first-order valence-corrected chi connectivity index (χ1v) is 12.4. The molecule has 1 aliphatic carbocycles. The molecule has 7 nitrogen and oxygen atoms in total. The van der Waals surface area contributed by atoms with Crippen LogP contribution in [0.2, 0.25) is 0 Å². The fourth-order valence-corrected chi connectivity index (χ4v) is 6.26. The average Bonchev–Trinajstić information content (AvgIpc) is 3.22. The lowest BCUT2D eigenvalue weighted by Crippen LogP contribution is -2.41. The van der Waals surface area contributed by atoms with Gasteiger partial charge in [0, 0.05) is 24.2 Å². The van der Waals surface area contributed by atoms with Crippen molar-refractivity contribution >= 4 is 21.7 Å². The van der Waals surface area contributed by atoms with Gasteiger partial charge in [-0.3, -0.25) is 4.79 Å². The molecule has 8 heteroatoms. The fourth-order valence-electron chi connectivity index (χ4n) is 4.56. The number of benzene rings is 1. The third-order valence-corrected chi connectivity index (χ3v) is 8.33. The Bertz CT molecular complexity index is 978. The maximum absolute atomic E-state index is 13.0. The quantitative estimate of drug-likeness (QED) is 0.770. The Morgan fingerprint density at radius 1 is 1.00 bits per heavy atom. The van der Waals surface area contributed by atoms with Gasteiger partial charge < -0.3 is 5.32 Å². The van der Waals surface area contributed by atoms with Crippen LogP contribution in [0.5, 0.6) is 0 Å². The molecule has 1 saturated carbocycles. The second kappa shape index (κ2) is 8.89. The van der Waals surface area contributed by atoms with Crippen LogP contribution < -0.4 is 5.32 Å². The van der Waals surface area contributed by atoms with Crippen molar-refractivity contribution in [2.75, 3.05) is 11.9 Å². The number of amides is 1. The monoisotopic (exact) mass is 430 g/mol. The topological polar surface area (TPSA) is 84.3 Å². The summed E-state index contributed by atoms with van der Waals surface area (Å²) in [5.74, 6) is 0.425. The second-order valence-electron chi connectivity index (χ2n) is 8.39. The molecule has 1 amide bonds. The number of rotatable bonds is 5. The molecule has 1 unspecified atom stereocenters. The molecule has 30 heavy (non-hydrogen) atoms.